The average Bonchev–Trinajstić information content (AvgIpc) is 2.09. The maximum atomic E-state index is 11.2. The van der Waals surface area contributed by atoms with E-state index < -0.39 is 11.7 Å². The molecule has 0 aliphatic carbocycles. The monoisotopic (exact) mass is 218 g/mol. The maximum Gasteiger partial charge on any atom is 0.407 e. The van der Waals surface area contributed by atoms with Crippen LogP contribution in [-0.2, 0) is 4.74 Å². The molecule has 0 radical (unpaired) electrons. The molecule has 0 saturated carbocycles. The zero-order valence-electron chi connectivity index (χ0n) is 9.96. The SMILES string of the molecule is CC(CCCNC(=O)OC(C)(C)C)NO. The van der Waals surface area contributed by atoms with Crippen molar-refractivity contribution >= 4 is 6.09 Å². The van der Waals surface area contributed by atoms with Gasteiger partial charge < -0.3 is 15.3 Å². The standard InChI is InChI=1S/C10H22N2O3/c1-8(12-14)6-5-7-11-9(13)15-10(2,3)4/h8,12,14H,5-7H2,1-4H3,(H,11,13). The number of hydrogen-bond donors (Lipinski definition) is 3. The molecule has 90 valence electrons. The third-order valence-electron chi connectivity index (χ3n) is 1.70. The van der Waals surface area contributed by atoms with Gasteiger partial charge in [-0.2, -0.15) is 0 Å². The first-order chi connectivity index (χ1) is 6.85. The van der Waals surface area contributed by atoms with Crippen LogP contribution in [0.4, 0.5) is 4.79 Å². The van der Waals surface area contributed by atoms with Crippen molar-refractivity contribution in [1.82, 2.24) is 10.8 Å². The summed E-state index contributed by atoms with van der Waals surface area (Å²) in [4.78, 5) is 11.2. The van der Waals surface area contributed by atoms with E-state index in [1.165, 1.54) is 0 Å². The van der Waals surface area contributed by atoms with E-state index in [-0.39, 0.29) is 6.04 Å². The molecule has 0 fully saturated rings. The summed E-state index contributed by atoms with van der Waals surface area (Å²) in [7, 11) is 0. The average molecular weight is 218 g/mol. The minimum Gasteiger partial charge on any atom is -0.444 e. The molecule has 0 saturated heterocycles. The topological polar surface area (TPSA) is 70.6 Å². The number of carbonyl (C=O) groups is 1. The number of hydroxylamine groups is 1. The molecule has 1 unspecified atom stereocenters. The van der Waals surface area contributed by atoms with Gasteiger partial charge >= 0.3 is 6.09 Å². The summed E-state index contributed by atoms with van der Waals surface area (Å²) < 4.78 is 5.06. The zero-order valence-corrected chi connectivity index (χ0v) is 9.96. The van der Waals surface area contributed by atoms with E-state index in [0.29, 0.717) is 6.54 Å². The molecule has 0 heterocycles. The molecule has 0 aromatic heterocycles. The minimum atomic E-state index is -0.454. The van der Waals surface area contributed by atoms with Crippen molar-refractivity contribution in [3.8, 4) is 0 Å². The fourth-order valence-electron chi connectivity index (χ4n) is 0.977. The van der Waals surface area contributed by atoms with Gasteiger partial charge in [-0.3, -0.25) is 0 Å². The summed E-state index contributed by atoms with van der Waals surface area (Å²) in [5.74, 6) is 0. The first-order valence-electron chi connectivity index (χ1n) is 5.21. The van der Waals surface area contributed by atoms with Crippen LogP contribution in [-0.4, -0.2) is 29.5 Å². The Morgan fingerprint density at radius 1 is 1.47 bits per heavy atom. The Kier molecular flexibility index (Phi) is 6.27. The quantitative estimate of drug-likeness (QED) is 0.485. The van der Waals surface area contributed by atoms with Gasteiger partial charge in [0, 0.05) is 12.6 Å². The highest BCUT2D eigenvalue weighted by molar-refractivity contribution is 5.67. The van der Waals surface area contributed by atoms with Gasteiger partial charge in [0.15, 0.2) is 0 Å². The molecule has 0 spiro atoms. The van der Waals surface area contributed by atoms with Gasteiger partial charge in [0.1, 0.15) is 5.60 Å². The van der Waals surface area contributed by atoms with E-state index in [0.717, 1.165) is 12.8 Å². The molecule has 0 aliphatic heterocycles. The molecule has 0 aromatic carbocycles. The molecule has 0 bridgehead atoms. The number of carbonyl (C=O) groups excluding carboxylic acids is 1. The molecule has 1 amide bonds. The second-order valence-electron chi connectivity index (χ2n) is 4.60. The molecule has 0 rings (SSSR count). The number of rotatable bonds is 5. The van der Waals surface area contributed by atoms with E-state index in [2.05, 4.69) is 10.8 Å². The number of amides is 1. The lowest BCUT2D eigenvalue weighted by Gasteiger charge is -2.19. The van der Waals surface area contributed by atoms with Crippen molar-refractivity contribution in [2.24, 2.45) is 0 Å². The van der Waals surface area contributed by atoms with Crippen LogP contribution in [0.25, 0.3) is 0 Å². The van der Waals surface area contributed by atoms with Gasteiger partial charge in [0.25, 0.3) is 0 Å². The lowest BCUT2D eigenvalue weighted by Crippen LogP contribution is -2.33. The lowest BCUT2D eigenvalue weighted by molar-refractivity contribution is 0.0525. The van der Waals surface area contributed by atoms with E-state index in [1.54, 1.807) is 0 Å². The second-order valence-corrected chi connectivity index (χ2v) is 4.60. The van der Waals surface area contributed by atoms with Gasteiger partial charge in [-0.05, 0) is 40.5 Å². The zero-order chi connectivity index (χ0) is 11.9. The molecule has 5 nitrogen and oxygen atoms in total. The highest BCUT2D eigenvalue weighted by atomic mass is 16.6. The van der Waals surface area contributed by atoms with Gasteiger partial charge in [-0.1, -0.05) is 0 Å². The second kappa shape index (κ2) is 6.63. The Labute approximate surface area is 91.1 Å². The summed E-state index contributed by atoms with van der Waals surface area (Å²) in [6, 6.07) is 0.0467. The first kappa shape index (κ1) is 14.2. The Morgan fingerprint density at radius 2 is 2.07 bits per heavy atom. The maximum absolute atomic E-state index is 11.2. The smallest absolute Gasteiger partial charge is 0.407 e. The molecule has 5 heteroatoms. The van der Waals surface area contributed by atoms with Crippen molar-refractivity contribution in [3.63, 3.8) is 0 Å². The summed E-state index contributed by atoms with van der Waals surface area (Å²) >= 11 is 0. The number of ether oxygens (including phenoxy) is 1. The van der Waals surface area contributed by atoms with Gasteiger partial charge in [-0.25, -0.2) is 10.3 Å². The third kappa shape index (κ3) is 9.49. The molecule has 15 heavy (non-hydrogen) atoms. The van der Waals surface area contributed by atoms with E-state index in [1.807, 2.05) is 27.7 Å². The molecule has 1 atom stereocenters. The van der Waals surface area contributed by atoms with Gasteiger partial charge in [0.05, 0.1) is 0 Å². The first-order valence-corrected chi connectivity index (χ1v) is 5.21. The normalized spacial score (nSPS) is 13.4. The third-order valence-corrected chi connectivity index (χ3v) is 1.70. The minimum absolute atomic E-state index is 0.0467. The number of hydrogen-bond acceptors (Lipinski definition) is 4. The summed E-state index contributed by atoms with van der Waals surface area (Å²) in [6.07, 6.45) is 1.20. The van der Waals surface area contributed by atoms with Crippen LogP contribution in [0.2, 0.25) is 0 Å². The fourth-order valence-corrected chi connectivity index (χ4v) is 0.977. The van der Waals surface area contributed by atoms with Crippen molar-refractivity contribution in [1.29, 1.82) is 0 Å². The predicted octanol–water partition coefficient (Wildman–Crippen LogP) is 1.66. The molecule has 0 aromatic rings. The molecular weight excluding hydrogens is 196 g/mol. The molecule has 3 N–H and O–H groups in total. The van der Waals surface area contributed by atoms with Crippen LogP contribution in [0.5, 0.6) is 0 Å². The predicted molar refractivity (Wildman–Crippen MR) is 57.9 cm³/mol. The van der Waals surface area contributed by atoms with Crippen LogP contribution >= 0.6 is 0 Å². The number of alkyl carbamates (subject to hydrolysis) is 1. The largest absolute Gasteiger partial charge is 0.444 e. The Morgan fingerprint density at radius 3 is 2.53 bits per heavy atom. The fraction of sp³-hybridized carbons (Fsp3) is 0.900. The Bertz CT molecular complexity index is 190. The van der Waals surface area contributed by atoms with Crippen molar-refractivity contribution < 1.29 is 14.7 Å². The van der Waals surface area contributed by atoms with Crippen LogP contribution in [0.15, 0.2) is 0 Å². The van der Waals surface area contributed by atoms with E-state index in [4.69, 9.17) is 9.94 Å². The number of nitrogens with one attached hydrogen (secondary N) is 2. The van der Waals surface area contributed by atoms with Gasteiger partial charge in [-0.15, -0.1) is 0 Å². The van der Waals surface area contributed by atoms with E-state index in [9.17, 15) is 4.79 Å². The highest BCUT2D eigenvalue weighted by Gasteiger charge is 2.15. The van der Waals surface area contributed by atoms with Crippen LogP contribution in [0.3, 0.4) is 0 Å². The van der Waals surface area contributed by atoms with Crippen molar-refractivity contribution in [2.45, 2.75) is 52.2 Å². The van der Waals surface area contributed by atoms with Crippen LogP contribution in [0.1, 0.15) is 40.5 Å². The van der Waals surface area contributed by atoms with E-state index >= 15 is 0 Å². The Hall–Kier alpha value is -0.810. The highest BCUT2D eigenvalue weighted by Crippen LogP contribution is 2.06. The van der Waals surface area contributed by atoms with Crippen LogP contribution in [0, 0.1) is 0 Å². The van der Waals surface area contributed by atoms with Crippen molar-refractivity contribution in [2.75, 3.05) is 6.54 Å². The lowest BCUT2D eigenvalue weighted by atomic mass is 10.2. The Balaban J connectivity index is 3.48. The molecular formula is C10H22N2O3. The van der Waals surface area contributed by atoms with Crippen molar-refractivity contribution in [3.05, 3.63) is 0 Å². The summed E-state index contributed by atoms with van der Waals surface area (Å²) in [5, 5.41) is 11.2. The summed E-state index contributed by atoms with van der Waals surface area (Å²) in [5.41, 5.74) is 1.69. The van der Waals surface area contributed by atoms with Crippen LogP contribution < -0.4 is 10.8 Å². The summed E-state index contributed by atoms with van der Waals surface area (Å²) in [6.45, 7) is 7.90. The molecule has 0 aliphatic rings. The van der Waals surface area contributed by atoms with Gasteiger partial charge in [0.2, 0.25) is 0 Å².